The van der Waals surface area contributed by atoms with E-state index in [-0.39, 0.29) is 11.8 Å². The van der Waals surface area contributed by atoms with Crippen molar-refractivity contribution < 1.29 is 14.1 Å². The molecule has 0 fully saturated rings. The van der Waals surface area contributed by atoms with E-state index in [1.807, 2.05) is 49.4 Å². The van der Waals surface area contributed by atoms with Gasteiger partial charge in [-0.15, -0.1) is 0 Å². The number of aromatic nitrogens is 2. The third-order valence-corrected chi connectivity index (χ3v) is 6.07. The van der Waals surface area contributed by atoms with E-state index in [0.29, 0.717) is 15.6 Å². The SMILES string of the molecule is COc1ccc(C(=O)[C@@H](C)[n+]2cc(-c3ccc(Cl)c(Cl)c3)n3c2CCC3)cc1. The van der Waals surface area contributed by atoms with E-state index in [1.54, 1.807) is 7.11 Å². The molecule has 2 aromatic carbocycles. The molecule has 0 saturated carbocycles. The second-order valence-electron chi connectivity index (χ2n) is 6.99. The first kappa shape index (κ1) is 19.0. The number of imidazole rings is 1. The zero-order valence-electron chi connectivity index (χ0n) is 15.8. The number of carbonyl (C=O) groups is 1. The molecule has 1 aliphatic heterocycles. The highest BCUT2D eigenvalue weighted by atomic mass is 35.5. The van der Waals surface area contributed by atoms with E-state index in [1.165, 1.54) is 0 Å². The molecule has 6 heteroatoms. The summed E-state index contributed by atoms with van der Waals surface area (Å²) < 4.78 is 9.55. The zero-order valence-corrected chi connectivity index (χ0v) is 17.3. The van der Waals surface area contributed by atoms with E-state index >= 15 is 0 Å². The molecular formula is C22H21Cl2N2O2+. The largest absolute Gasteiger partial charge is 0.497 e. The molecule has 3 aromatic rings. The van der Waals surface area contributed by atoms with Crippen LogP contribution in [0, 0.1) is 0 Å². The van der Waals surface area contributed by atoms with Gasteiger partial charge >= 0.3 is 0 Å². The number of hydrogen-bond acceptors (Lipinski definition) is 2. The van der Waals surface area contributed by atoms with Crippen molar-refractivity contribution in [2.45, 2.75) is 32.4 Å². The molecule has 1 aliphatic rings. The third kappa shape index (κ3) is 3.31. The van der Waals surface area contributed by atoms with Crippen molar-refractivity contribution in [3.8, 4) is 17.0 Å². The minimum atomic E-state index is -0.302. The number of rotatable bonds is 5. The lowest BCUT2D eigenvalue weighted by molar-refractivity contribution is -0.710. The van der Waals surface area contributed by atoms with Crippen LogP contribution in [0.2, 0.25) is 10.0 Å². The van der Waals surface area contributed by atoms with Crippen molar-refractivity contribution in [3.05, 3.63) is 70.1 Å². The number of fused-ring (bicyclic) bond motifs is 1. The molecule has 1 atom stereocenters. The van der Waals surface area contributed by atoms with Crippen LogP contribution in [0.5, 0.6) is 5.75 Å². The van der Waals surface area contributed by atoms with Gasteiger partial charge in [0, 0.05) is 11.1 Å². The minimum absolute atomic E-state index is 0.0774. The maximum Gasteiger partial charge on any atom is 0.257 e. The van der Waals surface area contributed by atoms with Crippen LogP contribution in [0.4, 0.5) is 0 Å². The van der Waals surface area contributed by atoms with Crippen LogP contribution in [-0.2, 0) is 13.0 Å². The Morgan fingerprint density at radius 3 is 2.57 bits per heavy atom. The van der Waals surface area contributed by atoms with Gasteiger partial charge in [0.2, 0.25) is 5.78 Å². The maximum atomic E-state index is 13.1. The standard InChI is InChI=1S/C22H21Cl2N2O2/c1-14(22(27)15-5-8-17(28-2)9-6-15)26-13-20(25-11-3-4-21(25)26)16-7-10-18(23)19(24)12-16/h5-10,12-14H,3-4,11H2,1-2H3/q+1/t14-/m1/s1. The van der Waals surface area contributed by atoms with Gasteiger partial charge in [-0.05, 0) is 55.8 Å². The molecule has 0 bridgehead atoms. The van der Waals surface area contributed by atoms with Gasteiger partial charge in [-0.25, -0.2) is 9.13 Å². The van der Waals surface area contributed by atoms with Crippen molar-refractivity contribution in [3.63, 3.8) is 0 Å². The van der Waals surface area contributed by atoms with Gasteiger partial charge in [-0.2, -0.15) is 0 Å². The lowest BCUT2D eigenvalue weighted by atomic mass is 10.0. The lowest BCUT2D eigenvalue weighted by Gasteiger charge is -2.09. The van der Waals surface area contributed by atoms with Crippen LogP contribution in [0.15, 0.2) is 48.7 Å². The van der Waals surface area contributed by atoms with Crippen LogP contribution >= 0.6 is 23.2 Å². The highest BCUT2D eigenvalue weighted by Crippen LogP contribution is 2.31. The summed E-state index contributed by atoms with van der Waals surface area (Å²) in [5.41, 5.74) is 2.73. The molecule has 28 heavy (non-hydrogen) atoms. The Morgan fingerprint density at radius 1 is 1.14 bits per heavy atom. The topological polar surface area (TPSA) is 35.1 Å². The minimum Gasteiger partial charge on any atom is -0.497 e. The van der Waals surface area contributed by atoms with E-state index in [0.717, 1.165) is 42.2 Å². The van der Waals surface area contributed by atoms with Gasteiger partial charge in [0.25, 0.3) is 5.82 Å². The first-order chi connectivity index (χ1) is 13.5. The molecule has 0 spiro atoms. The second-order valence-corrected chi connectivity index (χ2v) is 7.81. The third-order valence-electron chi connectivity index (χ3n) is 5.33. The summed E-state index contributed by atoms with van der Waals surface area (Å²) in [5.74, 6) is 1.98. The second kappa shape index (κ2) is 7.61. The number of hydrogen-bond donors (Lipinski definition) is 0. The summed E-state index contributed by atoms with van der Waals surface area (Å²) in [4.78, 5) is 13.1. The molecule has 4 nitrogen and oxygen atoms in total. The molecule has 144 valence electrons. The van der Waals surface area contributed by atoms with E-state index < -0.39 is 0 Å². The Morgan fingerprint density at radius 2 is 1.89 bits per heavy atom. The highest BCUT2D eigenvalue weighted by molar-refractivity contribution is 6.42. The van der Waals surface area contributed by atoms with E-state index in [4.69, 9.17) is 27.9 Å². The predicted octanol–water partition coefficient (Wildman–Crippen LogP) is 5.15. The predicted molar refractivity (Wildman–Crippen MR) is 110 cm³/mol. The normalized spacial score (nSPS) is 14.0. The molecule has 4 rings (SSSR count). The molecule has 0 radical (unpaired) electrons. The fourth-order valence-corrected chi connectivity index (χ4v) is 4.11. The Labute approximate surface area is 174 Å². The first-order valence-electron chi connectivity index (χ1n) is 9.27. The number of benzene rings is 2. The Bertz CT molecular complexity index is 1040. The molecule has 0 unspecified atom stereocenters. The van der Waals surface area contributed by atoms with Crippen LogP contribution < -0.4 is 9.30 Å². The first-order valence-corrected chi connectivity index (χ1v) is 10.0. The number of ketones is 1. The van der Waals surface area contributed by atoms with Crippen molar-refractivity contribution >= 4 is 29.0 Å². The number of ether oxygens (including phenoxy) is 1. The Balaban J connectivity index is 1.71. The van der Waals surface area contributed by atoms with Gasteiger partial charge in [-0.3, -0.25) is 4.79 Å². The quantitative estimate of drug-likeness (QED) is 0.426. The molecule has 0 N–H and O–H groups in total. The smallest absolute Gasteiger partial charge is 0.257 e. The number of nitrogens with zero attached hydrogens (tertiary/aromatic N) is 2. The fraction of sp³-hybridized carbons (Fsp3) is 0.273. The molecule has 2 heterocycles. The van der Waals surface area contributed by atoms with Crippen LogP contribution in [0.1, 0.15) is 35.6 Å². The average Bonchev–Trinajstić information content (AvgIpc) is 3.32. The summed E-state index contributed by atoms with van der Waals surface area (Å²) in [7, 11) is 1.62. The Kier molecular flexibility index (Phi) is 5.17. The van der Waals surface area contributed by atoms with Crippen molar-refractivity contribution in [1.29, 1.82) is 0 Å². The van der Waals surface area contributed by atoms with Crippen molar-refractivity contribution in [2.24, 2.45) is 0 Å². The Hall–Kier alpha value is -2.30. The van der Waals surface area contributed by atoms with Gasteiger partial charge in [0.1, 0.15) is 11.9 Å². The van der Waals surface area contributed by atoms with Gasteiger partial charge in [0.15, 0.2) is 11.7 Å². The van der Waals surface area contributed by atoms with E-state index in [9.17, 15) is 4.79 Å². The van der Waals surface area contributed by atoms with Crippen molar-refractivity contribution in [2.75, 3.05) is 7.11 Å². The summed E-state index contributed by atoms with van der Waals surface area (Å²) in [6.45, 7) is 2.88. The molecule has 0 saturated heterocycles. The van der Waals surface area contributed by atoms with Crippen molar-refractivity contribution in [1.82, 2.24) is 4.57 Å². The van der Waals surface area contributed by atoms with Crippen LogP contribution in [0.3, 0.4) is 0 Å². The molecule has 1 aromatic heterocycles. The summed E-state index contributed by atoms with van der Waals surface area (Å²) in [5, 5.41) is 1.07. The number of methoxy groups -OCH3 is 1. The maximum absolute atomic E-state index is 13.1. The zero-order chi connectivity index (χ0) is 19.8. The summed E-state index contributed by atoms with van der Waals surface area (Å²) >= 11 is 12.3. The van der Waals surface area contributed by atoms with E-state index in [2.05, 4.69) is 15.3 Å². The summed E-state index contributed by atoms with van der Waals surface area (Å²) in [6.07, 6.45) is 4.07. The van der Waals surface area contributed by atoms with Gasteiger partial charge < -0.3 is 4.74 Å². The molecule has 0 aliphatic carbocycles. The fourth-order valence-electron chi connectivity index (χ4n) is 3.81. The number of halogens is 2. The van der Waals surface area contributed by atoms with Crippen LogP contribution in [-0.4, -0.2) is 17.5 Å². The highest BCUT2D eigenvalue weighted by Gasteiger charge is 2.33. The monoisotopic (exact) mass is 415 g/mol. The average molecular weight is 416 g/mol. The van der Waals surface area contributed by atoms with Gasteiger partial charge in [0.05, 0.1) is 30.1 Å². The molecule has 0 amide bonds. The molecular weight excluding hydrogens is 395 g/mol. The van der Waals surface area contributed by atoms with Gasteiger partial charge in [-0.1, -0.05) is 23.2 Å². The lowest BCUT2D eigenvalue weighted by Crippen LogP contribution is -2.44. The number of Topliss-reactive ketones (excluding diaryl/α,β-unsaturated/α-hetero) is 1. The summed E-state index contributed by atoms with van der Waals surface area (Å²) in [6, 6.07) is 12.6. The van der Waals surface area contributed by atoms with Crippen LogP contribution in [0.25, 0.3) is 11.3 Å². The number of carbonyl (C=O) groups excluding carboxylic acids is 1.